The predicted octanol–water partition coefficient (Wildman–Crippen LogP) is 2.85. The average Bonchev–Trinajstić information content (AvgIpc) is 2.18. The Kier molecular flexibility index (Phi) is 4.00. The van der Waals surface area contributed by atoms with Crippen molar-refractivity contribution < 1.29 is 0 Å². The van der Waals surface area contributed by atoms with Crippen LogP contribution in [0.25, 0.3) is 0 Å². The van der Waals surface area contributed by atoms with Crippen LogP contribution in [0, 0.1) is 5.92 Å². The summed E-state index contributed by atoms with van der Waals surface area (Å²) in [5.41, 5.74) is 8.13. The second-order valence-electron chi connectivity index (χ2n) is 3.77. The second-order valence-corrected chi connectivity index (χ2v) is 3.77. The second kappa shape index (κ2) is 5.05. The fourth-order valence-corrected chi connectivity index (χ4v) is 1.93. The molecule has 0 saturated carbocycles. The molecule has 13 heavy (non-hydrogen) atoms. The zero-order chi connectivity index (χ0) is 9.68. The van der Waals surface area contributed by atoms with Gasteiger partial charge in [-0.25, -0.2) is 4.99 Å². The summed E-state index contributed by atoms with van der Waals surface area (Å²) >= 11 is 0. The molecule has 0 aliphatic heterocycles. The topological polar surface area (TPSA) is 38.4 Å². The van der Waals surface area contributed by atoms with Gasteiger partial charge in [-0.15, -0.1) is 0 Å². The van der Waals surface area contributed by atoms with Crippen molar-refractivity contribution in [3.05, 3.63) is 11.3 Å². The fourth-order valence-electron chi connectivity index (χ4n) is 1.93. The summed E-state index contributed by atoms with van der Waals surface area (Å²) in [5.74, 6) is 0.680. The maximum atomic E-state index is 5.34. The van der Waals surface area contributed by atoms with E-state index in [0.717, 1.165) is 6.42 Å². The Labute approximate surface area is 80.9 Å². The molecule has 0 amide bonds. The summed E-state index contributed by atoms with van der Waals surface area (Å²) in [6.45, 7) is 4.52. The highest BCUT2D eigenvalue weighted by Gasteiger charge is 2.15. The summed E-state index contributed by atoms with van der Waals surface area (Å²) in [7, 11) is 0. The van der Waals surface area contributed by atoms with Crippen LogP contribution in [0.3, 0.4) is 0 Å². The van der Waals surface area contributed by atoms with Gasteiger partial charge in [-0.2, -0.15) is 0 Å². The largest absolute Gasteiger partial charge is 0.390 e. The minimum absolute atomic E-state index is 0.680. The predicted molar refractivity (Wildman–Crippen MR) is 57.6 cm³/mol. The number of aliphatic imine (C=N–C) groups is 1. The molecule has 0 bridgehead atoms. The molecule has 2 nitrogen and oxygen atoms in total. The molecule has 2 N–H and O–H groups in total. The molecule has 0 aromatic carbocycles. The van der Waals surface area contributed by atoms with Crippen molar-refractivity contribution in [3.63, 3.8) is 0 Å². The van der Waals surface area contributed by atoms with Crippen molar-refractivity contribution in [2.45, 2.75) is 46.0 Å². The summed E-state index contributed by atoms with van der Waals surface area (Å²) in [4.78, 5) is 4.27. The first-order valence-corrected chi connectivity index (χ1v) is 5.25. The quantitative estimate of drug-likeness (QED) is 0.526. The van der Waals surface area contributed by atoms with Crippen molar-refractivity contribution in [1.29, 1.82) is 0 Å². The van der Waals surface area contributed by atoms with E-state index in [1.54, 1.807) is 0 Å². The van der Waals surface area contributed by atoms with Crippen LogP contribution in [0.2, 0.25) is 0 Å². The van der Waals surface area contributed by atoms with Crippen LogP contribution in [0.5, 0.6) is 0 Å². The lowest BCUT2D eigenvalue weighted by atomic mass is 9.87. The van der Waals surface area contributed by atoms with Crippen LogP contribution in [0.1, 0.15) is 46.0 Å². The lowest BCUT2D eigenvalue weighted by molar-refractivity contribution is 0.555. The first-order chi connectivity index (χ1) is 6.29. The van der Waals surface area contributed by atoms with E-state index in [4.69, 9.17) is 5.73 Å². The molecular formula is C11H20N2. The van der Waals surface area contributed by atoms with Gasteiger partial charge in [-0.3, -0.25) is 0 Å². The van der Waals surface area contributed by atoms with Crippen molar-refractivity contribution in [1.82, 2.24) is 0 Å². The Balaban J connectivity index is 2.82. The highest BCUT2D eigenvalue weighted by atomic mass is 14.8. The SMILES string of the molecule is CCC(C)C1=C(N=CN)CCCC1. The number of nitrogens with two attached hydrogens (primary N) is 1. The Morgan fingerprint density at radius 2 is 2.15 bits per heavy atom. The Hall–Kier alpha value is -0.790. The fraction of sp³-hybridized carbons (Fsp3) is 0.727. The van der Waals surface area contributed by atoms with E-state index in [0.29, 0.717) is 5.92 Å². The standard InChI is InChI=1S/C11H20N2/c1-3-9(2)10-6-4-5-7-11(10)13-8-12/h8-9H,3-7H2,1-2H3,(H2,12,13). The zero-order valence-electron chi connectivity index (χ0n) is 8.71. The molecule has 0 heterocycles. The molecule has 0 spiro atoms. The highest BCUT2D eigenvalue weighted by Crippen LogP contribution is 2.31. The Morgan fingerprint density at radius 3 is 2.77 bits per heavy atom. The van der Waals surface area contributed by atoms with Crippen LogP contribution in [-0.2, 0) is 0 Å². The van der Waals surface area contributed by atoms with Crippen LogP contribution >= 0.6 is 0 Å². The molecule has 0 radical (unpaired) electrons. The molecule has 0 aromatic rings. The van der Waals surface area contributed by atoms with Crippen LogP contribution in [-0.4, -0.2) is 6.34 Å². The first-order valence-electron chi connectivity index (χ1n) is 5.25. The van der Waals surface area contributed by atoms with Gasteiger partial charge in [-0.1, -0.05) is 13.8 Å². The smallest absolute Gasteiger partial charge is 0.0856 e. The molecule has 0 aromatic heterocycles. The first kappa shape index (κ1) is 10.3. The van der Waals surface area contributed by atoms with Gasteiger partial charge in [0.1, 0.15) is 0 Å². The molecular weight excluding hydrogens is 160 g/mol. The van der Waals surface area contributed by atoms with E-state index in [2.05, 4.69) is 18.8 Å². The van der Waals surface area contributed by atoms with Gasteiger partial charge in [-0.05, 0) is 43.6 Å². The molecule has 1 unspecified atom stereocenters. The van der Waals surface area contributed by atoms with E-state index in [-0.39, 0.29) is 0 Å². The number of hydrogen-bond acceptors (Lipinski definition) is 1. The van der Waals surface area contributed by atoms with Crippen LogP contribution in [0.4, 0.5) is 0 Å². The maximum absolute atomic E-state index is 5.34. The third-order valence-corrected chi connectivity index (χ3v) is 2.92. The third kappa shape index (κ3) is 2.58. The average molecular weight is 180 g/mol. The highest BCUT2D eigenvalue weighted by molar-refractivity contribution is 5.53. The Morgan fingerprint density at radius 1 is 1.46 bits per heavy atom. The number of rotatable bonds is 3. The van der Waals surface area contributed by atoms with Crippen molar-refractivity contribution in [2.75, 3.05) is 0 Å². The van der Waals surface area contributed by atoms with E-state index in [9.17, 15) is 0 Å². The van der Waals surface area contributed by atoms with E-state index >= 15 is 0 Å². The van der Waals surface area contributed by atoms with Crippen LogP contribution < -0.4 is 5.73 Å². The zero-order valence-corrected chi connectivity index (χ0v) is 8.71. The molecule has 1 aliphatic carbocycles. The number of allylic oxidation sites excluding steroid dienone is 2. The lowest BCUT2D eigenvalue weighted by Crippen LogP contribution is -2.07. The third-order valence-electron chi connectivity index (χ3n) is 2.92. The summed E-state index contributed by atoms with van der Waals surface area (Å²) in [5, 5.41) is 0. The molecule has 2 heteroatoms. The minimum atomic E-state index is 0.680. The van der Waals surface area contributed by atoms with Crippen LogP contribution in [0.15, 0.2) is 16.3 Å². The summed E-state index contributed by atoms with van der Waals surface area (Å²) < 4.78 is 0. The van der Waals surface area contributed by atoms with Crippen molar-refractivity contribution in [2.24, 2.45) is 16.6 Å². The Bertz CT molecular complexity index is 216. The molecule has 0 fully saturated rings. The van der Waals surface area contributed by atoms with Gasteiger partial charge in [0.15, 0.2) is 0 Å². The monoisotopic (exact) mass is 180 g/mol. The molecule has 0 saturated heterocycles. The van der Waals surface area contributed by atoms with E-state index < -0.39 is 0 Å². The maximum Gasteiger partial charge on any atom is 0.0856 e. The van der Waals surface area contributed by atoms with Gasteiger partial charge in [0.2, 0.25) is 0 Å². The van der Waals surface area contributed by atoms with Gasteiger partial charge >= 0.3 is 0 Å². The number of hydrogen-bond donors (Lipinski definition) is 1. The van der Waals surface area contributed by atoms with E-state index in [1.165, 1.54) is 43.3 Å². The summed E-state index contributed by atoms with van der Waals surface area (Å²) in [6.07, 6.45) is 7.58. The normalized spacial score (nSPS) is 21.1. The van der Waals surface area contributed by atoms with E-state index in [1.807, 2.05) is 0 Å². The van der Waals surface area contributed by atoms with Gasteiger partial charge in [0.25, 0.3) is 0 Å². The molecule has 1 aliphatic rings. The van der Waals surface area contributed by atoms with Gasteiger partial charge in [0.05, 0.1) is 6.34 Å². The van der Waals surface area contributed by atoms with Crippen molar-refractivity contribution in [3.8, 4) is 0 Å². The number of nitrogens with zero attached hydrogens (tertiary/aromatic N) is 1. The summed E-state index contributed by atoms with van der Waals surface area (Å²) in [6, 6.07) is 0. The minimum Gasteiger partial charge on any atom is -0.390 e. The van der Waals surface area contributed by atoms with Gasteiger partial charge < -0.3 is 5.73 Å². The van der Waals surface area contributed by atoms with Crippen molar-refractivity contribution >= 4 is 6.34 Å². The molecule has 1 atom stereocenters. The lowest BCUT2D eigenvalue weighted by Gasteiger charge is -2.21. The molecule has 1 rings (SSSR count). The van der Waals surface area contributed by atoms with Gasteiger partial charge in [0, 0.05) is 5.70 Å². The molecule has 74 valence electrons.